The van der Waals surface area contributed by atoms with Gasteiger partial charge in [0.05, 0.1) is 0 Å². The van der Waals surface area contributed by atoms with Crippen molar-refractivity contribution in [1.29, 1.82) is 0 Å². The summed E-state index contributed by atoms with van der Waals surface area (Å²) in [5.74, 6) is -0.00822. The molecule has 0 saturated heterocycles. The average molecular weight is 244 g/mol. The van der Waals surface area contributed by atoms with Crippen molar-refractivity contribution in [1.82, 2.24) is 19.7 Å². The molecule has 4 N–H and O–H groups in total. The first-order chi connectivity index (χ1) is 7.86. The highest BCUT2D eigenvalue weighted by molar-refractivity contribution is 5.41. The zero-order valence-electron chi connectivity index (χ0n) is 8.31. The minimum Gasteiger partial charge on any atom is -0.383 e. The summed E-state index contributed by atoms with van der Waals surface area (Å²) < 4.78 is 37.9. The monoisotopic (exact) mass is 244 g/mol. The van der Waals surface area contributed by atoms with Crippen molar-refractivity contribution >= 4 is 11.8 Å². The van der Waals surface area contributed by atoms with Crippen molar-refractivity contribution < 1.29 is 13.2 Å². The van der Waals surface area contributed by atoms with E-state index in [1.807, 2.05) is 0 Å². The summed E-state index contributed by atoms with van der Waals surface area (Å²) in [6.07, 6.45) is -3.39. The topological polar surface area (TPSA) is 95.6 Å². The number of aromatic nitrogens is 4. The van der Waals surface area contributed by atoms with Crippen LogP contribution in [0.2, 0.25) is 0 Å². The van der Waals surface area contributed by atoms with E-state index in [1.165, 1.54) is 6.07 Å². The normalized spacial score (nSPS) is 11.7. The maximum atomic E-state index is 12.3. The smallest absolute Gasteiger partial charge is 0.383 e. The minimum absolute atomic E-state index is 0.0524. The van der Waals surface area contributed by atoms with Gasteiger partial charge in [-0.1, -0.05) is 0 Å². The lowest BCUT2D eigenvalue weighted by molar-refractivity contribution is -0.141. The Labute approximate surface area is 93.1 Å². The molecule has 2 heterocycles. The van der Waals surface area contributed by atoms with Crippen LogP contribution < -0.4 is 11.5 Å². The van der Waals surface area contributed by atoms with Gasteiger partial charge < -0.3 is 11.5 Å². The van der Waals surface area contributed by atoms with Gasteiger partial charge in [0.15, 0.2) is 11.5 Å². The van der Waals surface area contributed by atoms with Crippen LogP contribution in [0.5, 0.6) is 0 Å². The van der Waals surface area contributed by atoms with Gasteiger partial charge in [0.1, 0.15) is 5.82 Å². The molecule has 0 aromatic carbocycles. The Morgan fingerprint density at radius 2 is 1.88 bits per heavy atom. The molecule has 0 radical (unpaired) electrons. The first-order valence-electron chi connectivity index (χ1n) is 4.39. The Morgan fingerprint density at radius 1 is 1.18 bits per heavy atom. The molecule has 0 amide bonds. The summed E-state index contributed by atoms with van der Waals surface area (Å²) in [7, 11) is 0. The highest BCUT2D eigenvalue weighted by atomic mass is 19.4. The fourth-order valence-electron chi connectivity index (χ4n) is 1.19. The van der Waals surface area contributed by atoms with Crippen LogP contribution in [0.15, 0.2) is 18.3 Å². The summed E-state index contributed by atoms with van der Waals surface area (Å²) in [4.78, 5) is 7.32. The lowest BCUT2D eigenvalue weighted by atomic mass is 10.4. The molecule has 6 nitrogen and oxygen atoms in total. The molecule has 9 heteroatoms. The lowest BCUT2D eigenvalue weighted by Gasteiger charge is -2.03. The van der Waals surface area contributed by atoms with Gasteiger partial charge in [-0.2, -0.15) is 28.2 Å². The number of halogens is 3. The van der Waals surface area contributed by atoms with Crippen molar-refractivity contribution in [2.24, 2.45) is 0 Å². The number of rotatable bonds is 1. The molecule has 0 bridgehead atoms. The molecular weight excluding hydrogens is 237 g/mol. The molecular formula is C8H7F3N6. The van der Waals surface area contributed by atoms with E-state index in [-0.39, 0.29) is 17.6 Å². The van der Waals surface area contributed by atoms with E-state index < -0.39 is 11.9 Å². The van der Waals surface area contributed by atoms with Gasteiger partial charge in [-0.25, -0.2) is 4.68 Å². The fraction of sp³-hybridized carbons (Fsp3) is 0.125. The first kappa shape index (κ1) is 11.2. The van der Waals surface area contributed by atoms with Gasteiger partial charge in [0.2, 0.25) is 5.95 Å². The van der Waals surface area contributed by atoms with Gasteiger partial charge in [-0.15, -0.1) is 0 Å². The number of hydrogen-bond acceptors (Lipinski definition) is 5. The lowest BCUT2D eigenvalue weighted by Crippen LogP contribution is -2.09. The molecule has 0 saturated carbocycles. The van der Waals surface area contributed by atoms with Crippen LogP contribution in [-0.4, -0.2) is 19.7 Å². The highest BCUT2D eigenvalue weighted by Crippen LogP contribution is 2.27. The number of nitrogens with zero attached hydrogens (tertiary/aromatic N) is 4. The molecule has 0 aliphatic rings. The van der Waals surface area contributed by atoms with Gasteiger partial charge in [-0.05, 0) is 6.07 Å². The molecule has 2 aromatic rings. The molecule has 0 unspecified atom stereocenters. The van der Waals surface area contributed by atoms with Crippen LogP contribution in [-0.2, 0) is 6.18 Å². The quantitative estimate of drug-likeness (QED) is 0.775. The van der Waals surface area contributed by atoms with Gasteiger partial charge in [-0.3, -0.25) is 0 Å². The van der Waals surface area contributed by atoms with Crippen molar-refractivity contribution in [3.8, 4) is 5.82 Å². The summed E-state index contributed by atoms with van der Waals surface area (Å²) in [6, 6.07) is 2.10. The van der Waals surface area contributed by atoms with Gasteiger partial charge in [0, 0.05) is 12.3 Å². The van der Waals surface area contributed by atoms with E-state index in [0.29, 0.717) is 0 Å². The third-order valence-corrected chi connectivity index (χ3v) is 1.86. The van der Waals surface area contributed by atoms with Crippen LogP contribution in [0, 0.1) is 0 Å². The maximum Gasteiger partial charge on any atom is 0.435 e. The predicted molar refractivity (Wildman–Crippen MR) is 53.0 cm³/mol. The van der Waals surface area contributed by atoms with E-state index in [9.17, 15) is 13.2 Å². The van der Waals surface area contributed by atoms with E-state index in [0.717, 1.165) is 16.9 Å². The molecule has 0 aliphatic heterocycles. The standard InChI is InChI=1S/C8H7F3N6/c9-8(10,11)4-1-2-17(16-4)6-3-5(12)14-7(13)15-6/h1-3H,(H4,12,13,14,15). The Hall–Kier alpha value is -2.32. The molecule has 90 valence electrons. The van der Waals surface area contributed by atoms with Gasteiger partial charge >= 0.3 is 6.18 Å². The van der Waals surface area contributed by atoms with E-state index in [4.69, 9.17) is 11.5 Å². The molecule has 0 spiro atoms. The van der Waals surface area contributed by atoms with Crippen LogP contribution in [0.4, 0.5) is 24.9 Å². The molecule has 0 atom stereocenters. The van der Waals surface area contributed by atoms with Crippen LogP contribution >= 0.6 is 0 Å². The maximum absolute atomic E-state index is 12.3. The number of nitrogen functional groups attached to an aromatic ring is 2. The highest BCUT2D eigenvalue weighted by Gasteiger charge is 2.33. The third-order valence-electron chi connectivity index (χ3n) is 1.86. The van der Waals surface area contributed by atoms with E-state index in [1.54, 1.807) is 0 Å². The second-order valence-electron chi connectivity index (χ2n) is 3.15. The van der Waals surface area contributed by atoms with Crippen molar-refractivity contribution in [2.45, 2.75) is 6.18 Å². The largest absolute Gasteiger partial charge is 0.435 e. The summed E-state index contributed by atoms with van der Waals surface area (Å²) >= 11 is 0. The third kappa shape index (κ3) is 2.27. The Kier molecular flexibility index (Phi) is 2.37. The summed E-state index contributed by atoms with van der Waals surface area (Å²) in [5.41, 5.74) is 9.70. The molecule has 2 aromatic heterocycles. The number of nitrogens with two attached hydrogens (primary N) is 2. The molecule has 0 fully saturated rings. The molecule has 0 aliphatic carbocycles. The van der Waals surface area contributed by atoms with Crippen LogP contribution in [0.3, 0.4) is 0 Å². The van der Waals surface area contributed by atoms with Crippen LogP contribution in [0.25, 0.3) is 5.82 Å². The zero-order chi connectivity index (χ0) is 12.6. The van der Waals surface area contributed by atoms with Crippen molar-refractivity contribution in [3.63, 3.8) is 0 Å². The Balaban J connectivity index is 2.44. The summed E-state index contributed by atoms with van der Waals surface area (Å²) in [6.45, 7) is 0. The number of anilines is 2. The Morgan fingerprint density at radius 3 is 2.41 bits per heavy atom. The Bertz CT molecular complexity index is 526. The second kappa shape index (κ2) is 3.61. The van der Waals surface area contributed by atoms with Crippen molar-refractivity contribution in [3.05, 3.63) is 24.0 Å². The SMILES string of the molecule is Nc1cc(-n2ccc(C(F)(F)F)n2)nc(N)n1. The summed E-state index contributed by atoms with van der Waals surface area (Å²) in [5, 5.41) is 3.32. The minimum atomic E-state index is -4.50. The fourth-order valence-corrected chi connectivity index (χ4v) is 1.19. The average Bonchev–Trinajstić information content (AvgIpc) is 2.63. The van der Waals surface area contributed by atoms with E-state index in [2.05, 4.69) is 15.1 Å². The number of hydrogen-bond donors (Lipinski definition) is 2. The molecule has 17 heavy (non-hydrogen) atoms. The number of alkyl halides is 3. The zero-order valence-corrected chi connectivity index (χ0v) is 8.31. The van der Waals surface area contributed by atoms with E-state index >= 15 is 0 Å². The van der Waals surface area contributed by atoms with Gasteiger partial charge in [0.25, 0.3) is 0 Å². The first-order valence-corrected chi connectivity index (χ1v) is 4.39. The predicted octanol–water partition coefficient (Wildman–Crippen LogP) is 0.845. The second-order valence-corrected chi connectivity index (χ2v) is 3.15. The molecule has 2 rings (SSSR count). The van der Waals surface area contributed by atoms with Crippen molar-refractivity contribution in [2.75, 3.05) is 11.5 Å². The van der Waals surface area contributed by atoms with Crippen LogP contribution in [0.1, 0.15) is 5.69 Å².